The molecule has 0 unspecified atom stereocenters. The second-order valence-electron chi connectivity index (χ2n) is 6.52. The van der Waals surface area contributed by atoms with Gasteiger partial charge < -0.3 is 10.6 Å². The van der Waals surface area contributed by atoms with Crippen LogP contribution in [0.5, 0.6) is 0 Å². The summed E-state index contributed by atoms with van der Waals surface area (Å²) in [5.41, 5.74) is 2.36. The Labute approximate surface area is 182 Å². The van der Waals surface area contributed by atoms with Crippen LogP contribution in [0.2, 0.25) is 0 Å². The van der Waals surface area contributed by atoms with Gasteiger partial charge in [0.2, 0.25) is 0 Å². The van der Waals surface area contributed by atoms with E-state index in [9.17, 15) is 9.59 Å². The molecule has 2 N–H and O–H groups in total. The molecule has 0 aliphatic heterocycles. The summed E-state index contributed by atoms with van der Waals surface area (Å²) in [4.78, 5) is 25.2. The van der Waals surface area contributed by atoms with Crippen LogP contribution in [0.25, 0.3) is 10.8 Å². The van der Waals surface area contributed by atoms with Crippen molar-refractivity contribution in [3.63, 3.8) is 0 Å². The maximum atomic E-state index is 12.8. The lowest BCUT2D eigenvalue weighted by Gasteiger charge is -2.10. The molecule has 142 valence electrons. The van der Waals surface area contributed by atoms with Crippen LogP contribution >= 0.6 is 22.6 Å². The van der Waals surface area contributed by atoms with Crippen molar-refractivity contribution < 1.29 is 9.59 Å². The van der Waals surface area contributed by atoms with Crippen LogP contribution in [0.1, 0.15) is 20.7 Å². The Balaban J connectivity index is 1.52. The van der Waals surface area contributed by atoms with E-state index in [0.29, 0.717) is 16.8 Å². The van der Waals surface area contributed by atoms with Gasteiger partial charge in [0.05, 0.1) is 0 Å². The molecule has 0 aliphatic rings. The topological polar surface area (TPSA) is 58.2 Å². The monoisotopic (exact) mass is 492 g/mol. The van der Waals surface area contributed by atoms with Crippen LogP contribution in [-0.2, 0) is 0 Å². The smallest absolute Gasteiger partial charge is 0.255 e. The van der Waals surface area contributed by atoms with Crippen LogP contribution in [0.3, 0.4) is 0 Å². The first-order valence-electron chi connectivity index (χ1n) is 9.06. The molecule has 0 saturated carbocycles. The summed E-state index contributed by atoms with van der Waals surface area (Å²) in [5, 5.41) is 7.85. The molecule has 2 amide bonds. The summed E-state index contributed by atoms with van der Waals surface area (Å²) in [6, 6.07) is 27.9. The van der Waals surface area contributed by atoms with E-state index in [2.05, 4.69) is 33.2 Å². The van der Waals surface area contributed by atoms with Gasteiger partial charge in [-0.15, -0.1) is 0 Å². The van der Waals surface area contributed by atoms with E-state index >= 15 is 0 Å². The fraction of sp³-hybridized carbons (Fsp3) is 0. The molecule has 0 heterocycles. The summed E-state index contributed by atoms with van der Waals surface area (Å²) in [6.45, 7) is 0. The zero-order valence-electron chi connectivity index (χ0n) is 15.4. The molecule has 0 aromatic heterocycles. The van der Waals surface area contributed by atoms with Crippen molar-refractivity contribution in [3.05, 3.63) is 106 Å². The van der Waals surface area contributed by atoms with Crippen LogP contribution < -0.4 is 10.6 Å². The van der Waals surface area contributed by atoms with Gasteiger partial charge in [0.1, 0.15) is 0 Å². The van der Waals surface area contributed by atoms with Crippen molar-refractivity contribution in [2.75, 3.05) is 10.6 Å². The number of carbonyl (C=O) groups excluding carboxylic acids is 2. The first-order valence-corrected chi connectivity index (χ1v) is 10.1. The molecule has 0 aliphatic carbocycles. The van der Waals surface area contributed by atoms with Gasteiger partial charge in [-0.3, -0.25) is 9.59 Å². The van der Waals surface area contributed by atoms with Gasteiger partial charge >= 0.3 is 0 Å². The van der Waals surface area contributed by atoms with Gasteiger partial charge in [-0.25, -0.2) is 0 Å². The molecule has 0 radical (unpaired) electrons. The minimum Gasteiger partial charge on any atom is -0.322 e. The molecule has 0 fully saturated rings. The van der Waals surface area contributed by atoms with E-state index in [1.807, 2.05) is 54.6 Å². The fourth-order valence-corrected chi connectivity index (χ4v) is 3.43. The van der Waals surface area contributed by atoms with Crippen LogP contribution in [0.4, 0.5) is 11.4 Å². The number of anilines is 2. The molecular weight excluding hydrogens is 475 g/mol. The van der Waals surface area contributed by atoms with Crippen molar-refractivity contribution in [2.45, 2.75) is 0 Å². The highest BCUT2D eigenvalue weighted by molar-refractivity contribution is 14.1. The van der Waals surface area contributed by atoms with Crippen molar-refractivity contribution in [1.29, 1.82) is 0 Å². The first-order chi connectivity index (χ1) is 14.1. The van der Waals surface area contributed by atoms with E-state index in [4.69, 9.17) is 0 Å². The minimum atomic E-state index is -0.230. The number of benzene rings is 4. The Morgan fingerprint density at radius 3 is 2.17 bits per heavy atom. The van der Waals surface area contributed by atoms with Gasteiger partial charge in [-0.1, -0.05) is 42.5 Å². The summed E-state index contributed by atoms with van der Waals surface area (Å²) in [7, 11) is 0. The van der Waals surface area contributed by atoms with Crippen molar-refractivity contribution in [1.82, 2.24) is 0 Å². The normalized spacial score (nSPS) is 10.5. The van der Waals surface area contributed by atoms with Crippen LogP contribution in [0.15, 0.2) is 91.0 Å². The van der Waals surface area contributed by atoms with Gasteiger partial charge in [0.25, 0.3) is 11.8 Å². The molecule has 4 rings (SSSR count). The van der Waals surface area contributed by atoms with E-state index in [0.717, 1.165) is 20.0 Å². The Morgan fingerprint density at radius 1 is 0.655 bits per heavy atom. The number of halogens is 1. The van der Waals surface area contributed by atoms with E-state index in [1.54, 1.807) is 36.4 Å². The van der Waals surface area contributed by atoms with Crippen LogP contribution in [0, 0.1) is 3.57 Å². The number of nitrogens with one attached hydrogen (secondary N) is 2. The quantitative estimate of drug-likeness (QED) is 0.346. The Kier molecular flexibility index (Phi) is 5.57. The number of fused-ring (bicyclic) bond motifs is 1. The van der Waals surface area contributed by atoms with Crippen molar-refractivity contribution >= 4 is 56.6 Å². The average Bonchev–Trinajstić information content (AvgIpc) is 2.74. The SMILES string of the molecule is O=C(Nc1cccc(C(=O)Nc2cccc3ccccc23)c1)c1ccc(I)cc1. The molecule has 0 atom stereocenters. The molecule has 5 heteroatoms. The molecule has 4 aromatic carbocycles. The average molecular weight is 492 g/mol. The minimum absolute atomic E-state index is 0.215. The Morgan fingerprint density at radius 2 is 1.34 bits per heavy atom. The standard InChI is InChI=1S/C24H17IN2O2/c25-19-13-11-17(12-14-19)23(28)26-20-8-3-7-18(15-20)24(29)27-22-10-4-6-16-5-1-2-9-21(16)22/h1-15H,(H,26,28)(H,27,29). The third-order valence-electron chi connectivity index (χ3n) is 4.53. The second kappa shape index (κ2) is 8.45. The zero-order valence-corrected chi connectivity index (χ0v) is 17.5. The predicted octanol–water partition coefficient (Wildman–Crippen LogP) is 5.95. The van der Waals surface area contributed by atoms with Gasteiger partial charge in [0, 0.05) is 31.5 Å². The number of carbonyl (C=O) groups is 2. The lowest BCUT2D eigenvalue weighted by atomic mass is 10.1. The third-order valence-corrected chi connectivity index (χ3v) is 5.25. The summed E-state index contributed by atoms with van der Waals surface area (Å²) in [5.74, 6) is -0.445. The fourth-order valence-electron chi connectivity index (χ4n) is 3.07. The lowest BCUT2D eigenvalue weighted by Crippen LogP contribution is -2.14. The summed E-state index contributed by atoms with van der Waals surface area (Å²) >= 11 is 2.19. The van der Waals surface area contributed by atoms with Gasteiger partial charge in [-0.05, 0) is 76.5 Å². The highest BCUT2D eigenvalue weighted by atomic mass is 127. The summed E-state index contributed by atoms with van der Waals surface area (Å²) in [6.07, 6.45) is 0. The Bertz CT molecular complexity index is 1200. The van der Waals surface area contributed by atoms with Crippen LogP contribution in [-0.4, -0.2) is 11.8 Å². The first kappa shape index (κ1) is 19.1. The molecule has 0 spiro atoms. The number of amides is 2. The second-order valence-corrected chi connectivity index (χ2v) is 7.77. The largest absolute Gasteiger partial charge is 0.322 e. The van der Waals surface area contributed by atoms with Gasteiger partial charge in [-0.2, -0.15) is 0 Å². The maximum absolute atomic E-state index is 12.8. The highest BCUT2D eigenvalue weighted by Gasteiger charge is 2.11. The van der Waals surface area contributed by atoms with Gasteiger partial charge in [0.15, 0.2) is 0 Å². The summed E-state index contributed by atoms with van der Waals surface area (Å²) < 4.78 is 1.06. The molecular formula is C24H17IN2O2. The number of rotatable bonds is 4. The van der Waals surface area contributed by atoms with E-state index in [-0.39, 0.29) is 11.8 Å². The third kappa shape index (κ3) is 4.46. The molecule has 4 nitrogen and oxygen atoms in total. The predicted molar refractivity (Wildman–Crippen MR) is 125 cm³/mol. The molecule has 4 aromatic rings. The molecule has 0 saturated heterocycles. The maximum Gasteiger partial charge on any atom is 0.255 e. The van der Waals surface area contributed by atoms with E-state index in [1.165, 1.54) is 0 Å². The van der Waals surface area contributed by atoms with E-state index < -0.39 is 0 Å². The number of hydrogen-bond acceptors (Lipinski definition) is 2. The Hall–Kier alpha value is -3.19. The number of hydrogen-bond donors (Lipinski definition) is 2. The van der Waals surface area contributed by atoms with Crippen molar-refractivity contribution in [2.24, 2.45) is 0 Å². The molecule has 29 heavy (non-hydrogen) atoms. The zero-order chi connectivity index (χ0) is 20.2. The van der Waals surface area contributed by atoms with Crippen molar-refractivity contribution in [3.8, 4) is 0 Å². The highest BCUT2D eigenvalue weighted by Crippen LogP contribution is 2.24. The molecule has 0 bridgehead atoms. The lowest BCUT2D eigenvalue weighted by molar-refractivity contribution is 0.101.